The molecule has 0 aliphatic rings. The number of aryl methyl sites for hydroxylation is 4. The zero-order chi connectivity index (χ0) is 18.8. The van der Waals surface area contributed by atoms with E-state index >= 15 is 0 Å². The summed E-state index contributed by atoms with van der Waals surface area (Å²) in [5, 5.41) is 16.6. The molecule has 9 heteroatoms. The summed E-state index contributed by atoms with van der Waals surface area (Å²) >= 11 is 6.51. The van der Waals surface area contributed by atoms with Gasteiger partial charge in [-0.25, -0.2) is 10.1 Å². The summed E-state index contributed by atoms with van der Waals surface area (Å²) < 4.78 is 1.69. The minimum atomic E-state index is -0.324. The first kappa shape index (κ1) is 17.8. The van der Waals surface area contributed by atoms with Crippen molar-refractivity contribution in [1.82, 2.24) is 25.0 Å². The van der Waals surface area contributed by atoms with Gasteiger partial charge in [0.1, 0.15) is 10.8 Å². The molecule has 26 heavy (non-hydrogen) atoms. The van der Waals surface area contributed by atoms with Crippen LogP contribution < -0.4 is 11.0 Å². The van der Waals surface area contributed by atoms with Crippen LogP contribution in [0.25, 0.3) is 5.69 Å². The Morgan fingerprint density at radius 3 is 2.69 bits per heavy atom. The Labute approximate surface area is 154 Å². The molecule has 0 saturated heterocycles. The molecule has 0 aliphatic carbocycles. The minimum Gasteiger partial charge on any atom is -0.288 e. The predicted octanol–water partition coefficient (Wildman–Crippen LogP) is 2.68. The Bertz CT molecular complexity index is 1050. The molecule has 8 nitrogen and oxygen atoms in total. The highest BCUT2D eigenvalue weighted by molar-refractivity contribution is 6.32. The lowest BCUT2D eigenvalue weighted by Gasteiger charge is -2.08. The molecule has 134 valence electrons. The van der Waals surface area contributed by atoms with Crippen LogP contribution in [0.1, 0.15) is 28.1 Å². The third-order valence-corrected chi connectivity index (χ3v) is 4.23. The van der Waals surface area contributed by atoms with Crippen LogP contribution in [-0.2, 0) is 0 Å². The molecule has 2 heterocycles. The van der Waals surface area contributed by atoms with Crippen LogP contribution in [0.15, 0.2) is 28.1 Å². The number of aromatic nitrogens is 5. The van der Waals surface area contributed by atoms with Crippen molar-refractivity contribution in [2.75, 3.05) is 5.43 Å². The van der Waals surface area contributed by atoms with Crippen molar-refractivity contribution >= 4 is 23.8 Å². The molecule has 2 aromatic heterocycles. The van der Waals surface area contributed by atoms with Crippen molar-refractivity contribution in [3.8, 4) is 5.69 Å². The van der Waals surface area contributed by atoms with Crippen molar-refractivity contribution in [3.63, 3.8) is 0 Å². The van der Waals surface area contributed by atoms with Crippen molar-refractivity contribution in [1.29, 1.82) is 0 Å². The number of H-pyrrole nitrogens is 1. The van der Waals surface area contributed by atoms with Crippen molar-refractivity contribution in [2.45, 2.75) is 27.7 Å². The molecule has 0 fully saturated rings. The molecule has 1 aromatic carbocycles. The molecule has 0 spiro atoms. The van der Waals surface area contributed by atoms with Gasteiger partial charge in [0.15, 0.2) is 0 Å². The van der Waals surface area contributed by atoms with Crippen molar-refractivity contribution in [3.05, 3.63) is 61.8 Å². The number of anilines is 1. The van der Waals surface area contributed by atoms with Crippen molar-refractivity contribution < 1.29 is 0 Å². The number of halogens is 1. The van der Waals surface area contributed by atoms with E-state index in [0.717, 1.165) is 22.5 Å². The highest BCUT2D eigenvalue weighted by Gasteiger charge is 2.14. The number of benzene rings is 1. The SMILES string of the molecule is Cc1ccc(C)c(-n2nc(C)c(/C=N\Nc3nnc(C)c(=O)[nH]3)c2Cl)c1. The Kier molecular flexibility index (Phi) is 4.85. The van der Waals surface area contributed by atoms with Gasteiger partial charge in [-0.15, -0.1) is 10.2 Å². The van der Waals surface area contributed by atoms with Crippen LogP contribution in [-0.4, -0.2) is 31.2 Å². The van der Waals surface area contributed by atoms with Gasteiger partial charge in [-0.1, -0.05) is 23.7 Å². The van der Waals surface area contributed by atoms with Gasteiger partial charge in [-0.05, 0) is 44.9 Å². The number of hydrogen-bond donors (Lipinski definition) is 2. The molecular formula is C17H18ClN7O. The van der Waals surface area contributed by atoms with Gasteiger partial charge in [-0.3, -0.25) is 9.78 Å². The normalized spacial score (nSPS) is 11.3. The zero-order valence-corrected chi connectivity index (χ0v) is 15.6. The smallest absolute Gasteiger partial charge is 0.274 e. The predicted molar refractivity (Wildman–Crippen MR) is 101 cm³/mol. The molecular weight excluding hydrogens is 354 g/mol. The molecule has 2 N–H and O–H groups in total. The van der Waals surface area contributed by atoms with E-state index in [4.69, 9.17) is 11.6 Å². The standard InChI is InChI=1S/C17H18ClN7O/c1-9-5-6-10(2)14(7-9)25-15(18)13(11(3)24-25)8-19-22-17-20-16(26)12(4)21-23-17/h5-8H,1-4H3,(H2,20,22,23,26)/b19-8-. The lowest BCUT2D eigenvalue weighted by Crippen LogP contribution is -2.15. The Morgan fingerprint density at radius 1 is 1.19 bits per heavy atom. The molecule has 3 rings (SSSR count). The highest BCUT2D eigenvalue weighted by Crippen LogP contribution is 2.24. The lowest BCUT2D eigenvalue weighted by atomic mass is 10.1. The highest BCUT2D eigenvalue weighted by atomic mass is 35.5. The van der Waals surface area contributed by atoms with Crippen LogP contribution in [0, 0.1) is 27.7 Å². The molecule has 0 unspecified atom stereocenters. The van der Waals surface area contributed by atoms with E-state index < -0.39 is 0 Å². The fourth-order valence-electron chi connectivity index (χ4n) is 2.37. The van der Waals surface area contributed by atoms with Gasteiger partial charge in [0.25, 0.3) is 5.56 Å². The quantitative estimate of drug-likeness (QED) is 0.542. The number of hydrogen-bond acceptors (Lipinski definition) is 6. The molecule has 3 aromatic rings. The van der Waals surface area contributed by atoms with Crippen LogP contribution >= 0.6 is 11.6 Å². The number of nitrogens with one attached hydrogen (secondary N) is 2. The second-order valence-corrected chi connectivity index (χ2v) is 6.31. The summed E-state index contributed by atoms with van der Waals surface area (Å²) in [5.74, 6) is 0.146. The summed E-state index contributed by atoms with van der Waals surface area (Å²) in [5.41, 5.74) is 7.09. The monoisotopic (exact) mass is 371 g/mol. The van der Waals surface area contributed by atoms with E-state index in [2.05, 4.69) is 30.8 Å². The van der Waals surface area contributed by atoms with E-state index in [9.17, 15) is 4.79 Å². The van der Waals surface area contributed by atoms with E-state index in [1.165, 1.54) is 6.21 Å². The Morgan fingerprint density at radius 2 is 1.96 bits per heavy atom. The van der Waals surface area contributed by atoms with Gasteiger partial charge in [0, 0.05) is 0 Å². The van der Waals surface area contributed by atoms with Crippen LogP contribution in [0.3, 0.4) is 0 Å². The van der Waals surface area contributed by atoms with Gasteiger partial charge >= 0.3 is 0 Å². The Hall–Kier alpha value is -3.00. The fraction of sp³-hybridized carbons (Fsp3) is 0.235. The van der Waals surface area contributed by atoms with Gasteiger partial charge < -0.3 is 0 Å². The average molecular weight is 372 g/mol. The fourth-order valence-corrected chi connectivity index (χ4v) is 2.68. The largest absolute Gasteiger partial charge is 0.288 e. The van der Waals surface area contributed by atoms with Crippen LogP contribution in [0.2, 0.25) is 5.15 Å². The summed E-state index contributed by atoms with van der Waals surface area (Å²) in [7, 11) is 0. The van der Waals surface area contributed by atoms with E-state index in [1.807, 2.05) is 39.0 Å². The Balaban J connectivity index is 1.89. The first-order valence-corrected chi connectivity index (χ1v) is 8.30. The van der Waals surface area contributed by atoms with E-state index in [0.29, 0.717) is 10.7 Å². The summed E-state index contributed by atoms with van der Waals surface area (Å²) in [4.78, 5) is 14.0. The number of aromatic amines is 1. The topological polar surface area (TPSA) is 101 Å². The van der Waals surface area contributed by atoms with Crippen molar-refractivity contribution in [2.24, 2.45) is 5.10 Å². The number of hydrazone groups is 1. The zero-order valence-electron chi connectivity index (χ0n) is 14.8. The third kappa shape index (κ3) is 3.50. The maximum absolute atomic E-state index is 11.5. The second-order valence-electron chi connectivity index (χ2n) is 5.95. The number of rotatable bonds is 4. The third-order valence-electron chi connectivity index (χ3n) is 3.87. The molecule has 0 bridgehead atoms. The van der Waals surface area contributed by atoms with Gasteiger partial charge in [0.05, 0.1) is 23.2 Å². The van der Waals surface area contributed by atoms with Crippen LogP contribution in [0.5, 0.6) is 0 Å². The second kappa shape index (κ2) is 7.09. The average Bonchev–Trinajstić information content (AvgIpc) is 2.88. The van der Waals surface area contributed by atoms with E-state index in [1.54, 1.807) is 11.6 Å². The first-order valence-electron chi connectivity index (χ1n) is 7.92. The maximum atomic E-state index is 11.5. The number of nitrogens with zero attached hydrogens (tertiary/aromatic N) is 5. The van der Waals surface area contributed by atoms with Crippen LogP contribution in [0.4, 0.5) is 5.95 Å². The minimum absolute atomic E-state index is 0.146. The lowest BCUT2D eigenvalue weighted by molar-refractivity contribution is 0.855. The molecule has 0 atom stereocenters. The summed E-state index contributed by atoms with van der Waals surface area (Å²) in [6.45, 7) is 7.44. The molecule has 0 aliphatic heterocycles. The molecule has 0 radical (unpaired) electrons. The van der Waals surface area contributed by atoms with E-state index in [-0.39, 0.29) is 17.2 Å². The van der Waals surface area contributed by atoms with Gasteiger partial charge in [-0.2, -0.15) is 10.2 Å². The molecule has 0 amide bonds. The van der Waals surface area contributed by atoms with Gasteiger partial charge in [0.2, 0.25) is 5.95 Å². The maximum Gasteiger partial charge on any atom is 0.274 e. The molecule has 0 saturated carbocycles. The summed E-state index contributed by atoms with van der Waals surface area (Å²) in [6, 6.07) is 6.10. The summed E-state index contributed by atoms with van der Waals surface area (Å²) in [6.07, 6.45) is 1.53. The first-order chi connectivity index (χ1) is 12.4.